The minimum absolute atomic E-state index is 0.317. The predicted molar refractivity (Wildman–Crippen MR) is 82.5 cm³/mol. The van der Waals surface area contributed by atoms with Crippen molar-refractivity contribution in [2.24, 2.45) is 5.41 Å². The fourth-order valence-electron chi connectivity index (χ4n) is 2.83. The lowest BCUT2D eigenvalue weighted by atomic mass is 9.93. The SMILES string of the molecule is CN(C)CC(C)(C)CNCc1cccc(C2CC2)c1. The first kappa shape index (κ1) is 14.5. The maximum absolute atomic E-state index is 3.61. The maximum Gasteiger partial charge on any atom is 0.0205 e. The Hall–Kier alpha value is -0.860. The quantitative estimate of drug-likeness (QED) is 0.809. The van der Waals surface area contributed by atoms with E-state index in [0.717, 1.165) is 25.6 Å². The molecule has 1 aliphatic rings. The van der Waals surface area contributed by atoms with E-state index in [1.54, 1.807) is 0 Å². The molecule has 1 aromatic rings. The summed E-state index contributed by atoms with van der Waals surface area (Å²) in [6, 6.07) is 9.09. The molecule has 0 unspecified atom stereocenters. The molecule has 0 saturated heterocycles. The first-order chi connectivity index (χ1) is 8.96. The van der Waals surface area contributed by atoms with Crippen LogP contribution in [0.25, 0.3) is 0 Å². The number of benzene rings is 1. The number of rotatable bonds is 7. The zero-order valence-corrected chi connectivity index (χ0v) is 12.9. The number of hydrogen-bond acceptors (Lipinski definition) is 2. The van der Waals surface area contributed by atoms with Gasteiger partial charge in [-0.1, -0.05) is 38.1 Å². The van der Waals surface area contributed by atoms with E-state index < -0.39 is 0 Å². The Morgan fingerprint density at radius 2 is 2.00 bits per heavy atom. The second-order valence-corrected chi connectivity index (χ2v) is 7.02. The maximum atomic E-state index is 3.61. The van der Waals surface area contributed by atoms with Crippen LogP contribution in [0.15, 0.2) is 24.3 Å². The van der Waals surface area contributed by atoms with Crippen LogP contribution in [0, 0.1) is 5.41 Å². The third-order valence-corrected chi connectivity index (χ3v) is 3.68. The second kappa shape index (κ2) is 6.06. The van der Waals surface area contributed by atoms with E-state index in [4.69, 9.17) is 0 Å². The normalized spacial score (nSPS) is 16.1. The third-order valence-electron chi connectivity index (χ3n) is 3.68. The van der Waals surface area contributed by atoms with Crippen molar-refractivity contribution in [1.29, 1.82) is 0 Å². The van der Waals surface area contributed by atoms with Crippen molar-refractivity contribution in [2.75, 3.05) is 27.2 Å². The van der Waals surface area contributed by atoms with Crippen molar-refractivity contribution in [3.8, 4) is 0 Å². The van der Waals surface area contributed by atoms with Gasteiger partial charge in [0.25, 0.3) is 0 Å². The topological polar surface area (TPSA) is 15.3 Å². The van der Waals surface area contributed by atoms with Gasteiger partial charge in [0.2, 0.25) is 0 Å². The molecule has 1 saturated carbocycles. The second-order valence-electron chi connectivity index (χ2n) is 7.02. The minimum Gasteiger partial charge on any atom is -0.312 e. The minimum atomic E-state index is 0.317. The van der Waals surface area contributed by atoms with Gasteiger partial charge in [-0.25, -0.2) is 0 Å². The van der Waals surface area contributed by atoms with Crippen LogP contribution in [0.1, 0.15) is 43.7 Å². The Labute approximate surface area is 118 Å². The van der Waals surface area contributed by atoms with E-state index in [-0.39, 0.29) is 0 Å². The van der Waals surface area contributed by atoms with Crippen LogP contribution in [0.4, 0.5) is 0 Å². The molecule has 1 fully saturated rings. The smallest absolute Gasteiger partial charge is 0.0205 e. The average molecular weight is 260 g/mol. The highest BCUT2D eigenvalue weighted by Gasteiger charge is 2.23. The highest BCUT2D eigenvalue weighted by molar-refractivity contribution is 5.29. The largest absolute Gasteiger partial charge is 0.312 e. The highest BCUT2D eigenvalue weighted by atomic mass is 15.1. The molecule has 1 aliphatic carbocycles. The highest BCUT2D eigenvalue weighted by Crippen LogP contribution is 2.40. The number of hydrogen-bond donors (Lipinski definition) is 1. The van der Waals surface area contributed by atoms with Gasteiger partial charge in [0.15, 0.2) is 0 Å². The lowest BCUT2D eigenvalue weighted by Crippen LogP contribution is -2.37. The van der Waals surface area contributed by atoms with Crippen LogP contribution < -0.4 is 5.32 Å². The van der Waals surface area contributed by atoms with Crippen molar-refractivity contribution in [2.45, 2.75) is 39.2 Å². The van der Waals surface area contributed by atoms with Crippen LogP contribution in [-0.4, -0.2) is 32.1 Å². The summed E-state index contributed by atoms with van der Waals surface area (Å²) in [5.41, 5.74) is 3.27. The summed E-state index contributed by atoms with van der Waals surface area (Å²) < 4.78 is 0. The van der Waals surface area contributed by atoms with Crippen molar-refractivity contribution < 1.29 is 0 Å². The molecular formula is C17H28N2. The Morgan fingerprint density at radius 1 is 1.26 bits per heavy atom. The summed E-state index contributed by atoms with van der Waals surface area (Å²) in [6.07, 6.45) is 2.76. The zero-order valence-electron chi connectivity index (χ0n) is 12.9. The molecule has 2 rings (SSSR count). The average Bonchev–Trinajstić information content (AvgIpc) is 3.11. The Bertz CT molecular complexity index is 405. The molecular weight excluding hydrogens is 232 g/mol. The molecule has 19 heavy (non-hydrogen) atoms. The monoisotopic (exact) mass is 260 g/mol. The van der Waals surface area contributed by atoms with Gasteiger partial charge in [-0.05, 0) is 49.4 Å². The van der Waals surface area contributed by atoms with Gasteiger partial charge >= 0.3 is 0 Å². The summed E-state index contributed by atoms with van der Waals surface area (Å²) >= 11 is 0. The standard InChI is InChI=1S/C17H28N2/c1-17(2,13-19(3)4)12-18-11-14-6-5-7-16(10-14)15-8-9-15/h5-7,10,15,18H,8-9,11-13H2,1-4H3. The molecule has 0 radical (unpaired) electrons. The van der Waals surface area contributed by atoms with Gasteiger partial charge in [0.05, 0.1) is 0 Å². The molecule has 2 heteroatoms. The summed E-state index contributed by atoms with van der Waals surface area (Å²) in [5, 5.41) is 3.61. The third kappa shape index (κ3) is 4.96. The van der Waals surface area contributed by atoms with Gasteiger partial charge in [-0.3, -0.25) is 0 Å². The lowest BCUT2D eigenvalue weighted by Gasteiger charge is -2.28. The van der Waals surface area contributed by atoms with Crippen molar-refractivity contribution >= 4 is 0 Å². The first-order valence-electron chi connectivity index (χ1n) is 7.40. The molecule has 2 nitrogen and oxygen atoms in total. The van der Waals surface area contributed by atoms with Gasteiger partial charge in [0.1, 0.15) is 0 Å². The molecule has 1 aromatic carbocycles. The fraction of sp³-hybridized carbons (Fsp3) is 0.647. The van der Waals surface area contributed by atoms with E-state index in [1.807, 2.05) is 0 Å². The van der Waals surface area contributed by atoms with Crippen molar-refractivity contribution in [3.05, 3.63) is 35.4 Å². The van der Waals surface area contributed by atoms with Gasteiger partial charge < -0.3 is 10.2 Å². The molecule has 106 valence electrons. The summed E-state index contributed by atoms with van der Waals surface area (Å²) in [5.74, 6) is 0.852. The Balaban J connectivity index is 1.80. The van der Waals surface area contributed by atoms with Crippen molar-refractivity contribution in [1.82, 2.24) is 10.2 Å². The zero-order chi connectivity index (χ0) is 13.9. The van der Waals surface area contributed by atoms with E-state index in [1.165, 1.54) is 24.0 Å². The molecule has 0 spiro atoms. The molecule has 0 atom stereocenters. The first-order valence-corrected chi connectivity index (χ1v) is 7.40. The molecule has 0 heterocycles. The Kier molecular flexibility index (Phi) is 4.64. The molecule has 1 N–H and O–H groups in total. The van der Waals surface area contributed by atoms with Gasteiger partial charge in [-0.2, -0.15) is 0 Å². The Morgan fingerprint density at radius 3 is 2.63 bits per heavy atom. The van der Waals surface area contributed by atoms with E-state index in [9.17, 15) is 0 Å². The molecule has 0 bridgehead atoms. The van der Waals surface area contributed by atoms with Crippen LogP contribution >= 0.6 is 0 Å². The molecule has 0 aromatic heterocycles. The van der Waals surface area contributed by atoms with Gasteiger partial charge in [-0.15, -0.1) is 0 Å². The van der Waals surface area contributed by atoms with Crippen LogP contribution in [-0.2, 0) is 6.54 Å². The van der Waals surface area contributed by atoms with Crippen LogP contribution in [0.3, 0.4) is 0 Å². The summed E-state index contributed by atoms with van der Waals surface area (Å²) in [4.78, 5) is 2.26. The van der Waals surface area contributed by atoms with Crippen LogP contribution in [0.5, 0.6) is 0 Å². The summed E-state index contributed by atoms with van der Waals surface area (Å²) in [7, 11) is 4.28. The van der Waals surface area contributed by atoms with E-state index in [0.29, 0.717) is 5.41 Å². The summed E-state index contributed by atoms with van der Waals surface area (Å²) in [6.45, 7) is 7.79. The number of nitrogens with zero attached hydrogens (tertiary/aromatic N) is 1. The van der Waals surface area contributed by atoms with E-state index in [2.05, 4.69) is 62.4 Å². The fourth-order valence-corrected chi connectivity index (χ4v) is 2.83. The van der Waals surface area contributed by atoms with Crippen LogP contribution in [0.2, 0.25) is 0 Å². The van der Waals surface area contributed by atoms with Gasteiger partial charge in [0, 0.05) is 19.6 Å². The van der Waals surface area contributed by atoms with E-state index >= 15 is 0 Å². The molecule has 0 aliphatic heterocycles. The number of nitrogens with one attached hydrogen (secondary N) is 1. The predicted octanol–water partition coefficient (Wildman–Crippen LogP) is 3.24. The molecule has 0 amide bonds. The van der Waals surface area contributed by atoms with Crippen molar-refractivity contribution in [3.63, 3.8) is 0 Å². The lowest BCUT2D eigenvalue weighted by molar-refractivity contribution is 0.232.